The van der Waals surface area contributed by atoms with Crippen molar-refractivity contribution in [2.75, 3.05) is 18.8 Å². The zero-order chi connectivity index (χ0) is 19.8. The molecule has 0 aromatic heterocycles. The van der Waals surface area contributed by atoms with E-state index in [0.29, 0.717) is 24.4 Å². The van der Waals surface area contributed by atoms with Crippen molar-refractivity contribution in [1.82, 2.24) is 4.90 Å². The van der Waals surface area contributed by atoms with Crippen LogP contribution in [0.4, 0.5) is 4.79 Å². The fourth-order valence-electron chi connectivity index (χ4n) is 5.81. The number of nitrogens with zero attached hydrogens (tertiary/aromatic N) is 1. The van der Waals surface area contributed by atoms with Gasteiger partial charge in [-0.05, 0) is 60.8 Å². The average molecular weight is 426 g/mol. The summed E-state index contributed by atoms with van der Waals surface area (Å²) in [6, 6.07) is 9.64. The van der Waals surface area contributed by atoms with Crippen LogP contribution in [0.15, 0.2) is 30.3 Å². The zero-order valence-electron chi connectivity index (χ0n) is 16.1. The topological polar surface area (TPSA) is 63.7 Å². The maximum atomic E-state index is 12.4. The highest BCUT2D eigenvalue weighted by molar-refractivity contribution is 8.13. The number of likely N-dealkylation sites (tertiary alicyclic amines) is 1. The molecule has 154 valence electrons. The highest BCUT2D eigenvalue weighted by atomic mass is 35.7. The van der Waals surface area contributed by atoms with Gasteiger partial charge in [-0.25, -0.2) is 13.2 Å². The van der Waals surface area contributed by atoms with Crippen molar-refractivity contribution in [2.45, 2.75) is 51.6 Å². The van der Waals surface area contributed by atoms with E-state index < -0.39 is 9.05 Å². The van der Waals surface area contributed by atoms with Gasteiger partial charge in [0.05, 0.1) is 5.75 Å². The number of piperidine rings is 1. The van der Waals surface area contributed by atoms with Crippen molar-refractivity contribution >= 4 is 25.8 Å². The number of hydrogen-bond acceptors (Lipinski definition) is 4. The molecule has 7 heteroatoms. The number of benzene rings is 1. The van der Waals surface area contributed by atoms with Crippen LogP contribution in [0.5, 0.6) is 0 Å². The summed E-state index contributed by atoms with van der Waals surface area (Å²) in [5, 5.41) is 0. The average Bonchev–Trinajstić information content (AvgIpc) is 2.61. The van der Waals surface area contributed by atoms with Gasteiger partial charge in [0.15, 0.2) is 0 Å². The number of carbonyl (C=O) groups is 1. The van der Waals surface area contributed by atoms with Crippen LogP contribution in [0.25, 0.3) is 0 Å². The Hall–Kier alpha value is -1.27. The minimum absolute atomic E-state index is 0.0758. The molecule has 5 nitrogen and oxygen atoms in total. The third-order valence-corrected chi connectivity index (χ3v) is 8.40. The molecular weight excluding hydrogens is 398 g/mol. The molecule has 2 saturated carbocycles. The first-order valence-electron chi connectivity index (χ1n) is 10.2. The second-order valence-electron chi connectivity index (χ2n) is 9.05. The fourth-order valence-corrected chi connectivity index (χ4v) is 7.59. The first kappa shape index (κ1) is 20.0. The second kappa shape index (κ2) is 7.52. The van der Waals surface area contributed by atoms with Crippen LogP contribution in [0.1, 0.15) is 50.5 Å². The van der Waals surface area contributed by atoms with E-state index in [-0.39, 0.29) is 23.9 Å². The third-order valence-electron chi connectivity index (χ3n) is 7.15. The van der Waals surface area contributed by atoms with E-state index in [9.17, 15) is 13.2 Å². The van der Waals surface area contributed by atoms with E-state index in [1.165, 1.54) is 19.3 Å². The van der Waals surface area contributed by atoms with Crippen molar-refractivity contribution in [1.29, 1.82) is 0 Å². The Morgan fingerprint density at radius 2 is 1.79 bits per heavy atom. The normalized spacial score (nSPS) is 23.7. The number of ether oxygens (including phenoxy) is 1. The summed E-state index contributed by atoms with van der Waals surface area (Å²) in [5.74, 6) is 0.386. The molecule has 0 radical (unpaired) electrons. The molecule has 1 aromatic carbocycles. The minimum atomic E-state index is -3.53. The number of halogens is 1. The molecule has 1 aromatic rings. The maximum absolute atomic E-state index is 12.4. The van der Waals surface area contributed by atoms with Gasteiger partial charge in [-0.1, -0.05) is 36.8 Å². The van der Waals surface area contributed by atoms with E-state index >= 15 is 0 Å². The Bertz CT molecular complexity index is 806. The summed E-state index contributed by atoms with van der Waals surface area (Å²) in [6.07, 6.45) is 7.03. The SMILES string of the molecule is O=C(OCc1ccccc1)N1CCC(C2(CS(=O)(=O)Cl)CC3(CCC3)C2)CC1. The molecule has 2 aliphatic carbocycles. The van der Waals surface area contributed by atoms with Crippen LogP contribution in [0.2, 0.25) is 0 Å². The van der Waals surface area contributed by atoms with Gasteiger partial charge in [0.25, 0.3) is 0 Å². The number of amides is 1. The molecule has 3 fully saturated rings. The molecule has 1 spiro atoms. The lowest BCUT2D eigenvalue weighted by atomic mass is 9.42. The summed E-state index contributed by atoms with van der Waals surface area (Å²) >= 11 is 0. The lowest BCUT2D eigenvalue weighted by molar-refractivity contribution is -0.125. The van der Waals surface area contributed by atoms with Crippen LogP contribution in [-0.2, 0) is 20.4 Å². The lowest BCUT2D eigenvalue weighted by Crippen LogP contribution is -2.58. The van der Waals surface area contributed by atoms with Crippen LogP contribution in [-0.4, -0.2) is 38.3 Å². The standard InChI is InChI=1S/C21H28ClNO4S/c22-28(25,26)16-21(14-20(15-21)9-4-10-20)18-7-11-23(12-8-18)19(24)27-13-17-5-2-1-3-6-17/h1-3,5-6,18H,4,7-16H2. The molecule has 1 aliphatic heterocycles. The fraction of sp³-hybridized carbons (Fsp3) is 0.667. The predicted molar refractivity (Wildman–Crippen MR) is 109 cm³/mol. The quantitative estimate of drug-likeness (QED) is 0.649. The molecule has 1 heterocycles. The van der Waals surface area contributed by atoms with E-state index in [0.717, 1.165) is 31.2 Å². The predicted octanol–water partition coefficient (Wildman–Crippen LogP) is 4.55. The lowest BCUT2D eigenvalue weighted by Gasteiger charge is -2.64. The summed E-state index contributed by atoms with van der Waals surface area (Å²) < 4.78 is 29.2. The Balaban J connectivity index is 1.32. The molecule has 1 amide bonds. The highest BCUT2D eigenvalue weighted by Gasteiger charge is 2.61. The van der Waals surface area contributed by atoms with Crippen LogP contribution in [0, 0.1) is 16.7 Å². The van der Waals surface area contributed by atoms with Crippen molar-refractivity contribution in [3.63, 3.8) is 0 Å². The Morgan fingerprint density at radius 3 is 2.32 bits per heavy atom. The van der Waals surface area contributed by atoms with Crippen LogP contribution in [0.3, 0.4) is 0 Å². The van der Waals surface area contributed by atoms with E-state index in [1.54, 1.807) is 4.90 Å². The van der Waals surface area contributed by atoms with Crippen molar-refractivity contribution in [3.05, 3.63) is 35.9 Å². The molecule has 28 heavy (non-hydrogen) atoms. The molecule has 4 rings (SSSR count). The Labute approximate surface area is 171 Å². The summed E-state index contributed by atoms with van der Waals surface area (Å²) in [6.45, 7) is 1.52. The summed E-state index contributed by atoms with van der Waals surface area (Å²) in [4.78, 5) is 14.1. The van der Waals surface area contributed by atoms with Gasteiger partial charge in [0.2, 0.25) is 9.05 Å². The zero-order valence-corrected chi connectivity index (χ0v) is 17.7. The van der Waals surface area contributed by atoms with E-state index in [1.807, 2.05) is 30.3 Å². The van der Waals surface area contributed by atoms with Gasteiger partial charge in [0.1, 0.15) is 6.61 Å². The van der Waals surface area contributed by atoms with Crippen LogP contribution >= 0.6 is 10.7 Å². The minimum Gasteiger partial charge on any atom is -0.445 e. The number of carbonyl (C=O) groups excluding carboxylic acids is 1. The largest absolute Gasteiger partial charge is 0.445 e. The number of rotatable bonds is 5. The smallest absolute Gasteiger partial charge is 0.410 e. The highest BCUT2D eigenvalue weighted by Crippen LogP contribution is 2.68. The third kappa shape index (κ3) is 4.18. The summed E-state index contributed by atoms with van der Waals surface area (Å²) in [5.41, 5.74) is 1.16. The van der Waals surface area contributed by atoms with Gasteiger partial charge in [0, 0.05) is 23.8 Å². The molecule has 0 N–H and O–H groups in total. The Morgan fingerprint density at radius 1 is 1.14 bits per heavy atom. The second-order valence-corrected chi connectivity index (χ2v) is 11.8. The Kier molecular flexibility index (Phi) is 5.38. The molecule has 0 atom stereocenters. The number of hydrogen-bond donors (Lipinski definition) is 0. The first-order chi connectivity index (χ1) is 13.3. The van der Waals surface area contributed by atoms with Gasteiger partial charge in [-0.2, -0.15) is 0 Å². The van der Waals surface area contributed by atoms with Crippen molar-refractivity contribution in [2.24, 2.45) is 16.7 Å². The van der Waals surface area contributed by atoms with Gasteiger partial charge < -0.3 is 9.64 Å². The monoisotopic (exact) mass is 425 g/mol. The molecule has 0 unspecified atom stereocenters. The van der Waals surface area contributed by atoms with Crippen molar-refractivity contribution in [3.8, 4) is 0 Å². The van der Waals surface area contributed by atoms with Gasteiger partial charge in [-0.15, -0.1) is 0 Å². The van der Waals surface area contributed by atoms with Gasteiger partial charge >= 0.3 is 6.09 Å². The van der Waals surface area contributed by atoms with Crippen LogP contribution < -0.4 is 0 Å². The van der Waals surface area contributed by atoms with Crippen molar-refractivity contribution < 1.29 is 17.9 Å². The van der Waals surface area contributed by atoms with E-state index in [2.05, 4.69) is 0 Å². The maximum Gasteiger partial charge on any atom is 0.410 e. The molecular formula is C21H28ClNO4S. The molecule has 0 bridgehead atoms. The molecule has 1 saturated heterocycles. The first-order valence-corrected chi connectivity index (χ1v) is 12.7. The molecule has 3 aliphatic rings. The van der Waals surface area contributed by atoms with E-state index in [4.69, 9.17) is 15.4 Å². The summed E-state index contributed by atoms with van der Waals surface area (Å²) in [7, 11) is 2.14. The van der Waals surface area contributed by atoms with Gasteiger partial charge in [-0.3, -0.25) is 0 Å².